The van der Waals surface area contributed by atoms with Crippen molar-refractivity contribution in [1.29, 1.82) is 0 Å². The van der Waals surface area contributed by atoms with E-state index in [1.165, 1.54) is 0 Å². The van der Waals surface area contributed by atoms with E-state index in [4.69, 9.17) is 4.74 Å². The predicted molar refractivity (Wildman–Crippen MR) is 81.7 cm³/mol. The number of pyridine rings is 1. The standard InChI is InChI=1S/C17H22N2O/c1-3-11-18-14(2)17-10-9-16(12-19-17)20-13-15-7-5-4-6-8-15/h4-10,12,14,18H,3,11,13H2,1-2H3. The van der Waals surface area contributed by atoms with Crippen LogP contribution < -0.4 is 10.1 Å². The third kappa shape index (κ3) is 4.35. The summed E-state index contributed by atoms with van der Waals surface area (Å²) >= 11 is 0. The summed E-state index contributed by atoms with van der Waals surface area (Å²) in [4.78, 5) is 4.46. The smallest absolute Gasteiger partial charge is 0.138 e. The Morgan fingerprint density at radius 3 is 2.60 bits per heavy atom. The van der Waals surface area contributed by atoms with Crippen LogP contribution >= 0.6 is 0 Å². The van der Waals surface area contributed by atoms with Gasteiger partial charge in [-0.25, -0.2) is 0 Å². The number of rotatable bonds is 7. The molecule has 1 unspecified atom stereocenters. The van der Waals surface area contributed by atoms with E-state index in [9.17, 15) is 0 Å². The Labute approximate surface area is 121 Å². The van der Waals surface area contributed by atoms with Gasteiger partial charge in [0, 0.05) is 6.04 Å². The maximum atomic E-state index is 5.73. The van der Waals surface area contributed by atoms with Gasteiger partial charge in [0.1, 0.15) is 12.4 Å². The van der Waals surface area contributed by atoms with Crippen LogP contribution in [0, 0.1) is 0 Å². The van der Waals surface area contributed by atoms with Crippen molar-refractivity contribution in [1.82, 2.24) is 10.3 Å². The molecule has 0 spiro atoms. The maximum absolute atomic E-state index is 5.73. The van der Waals surface area contributed by atoms with Crippen molar-refractivity contribution in [3.63, 3.8) is 0 Å². The molecule has 1 aromatic heterocycles. The minimum absolute atomic E-state index is 0.276. The maximum Gasteiger partial charge on any atom is 0.138 e. The Kier molecular flexibility index (Phi) is 5.56. The van der Waals surface area contributed by atoms with Gasteiger partial charge in [0.05, 0.1) is 11.9 Å². The second-order valence-electron chi connectivity index (χ2n) is 4.87. The Balaban J connectivity index is 1.88. The fourth-order valence-electron chi connectivity index (χ4n) is 1.94. The van der Waals surface area contributed by atoms with Gasteiger partial charge in [-0.3, -0.25) is 4.98 Å². The van der Waals surface area contributed by atoms with Crippen molar-refractivity contribution in [3.05, 3.63) is 59.9 Å². The Bertz CT molecular complexity index is 496. The molecular formula is C17H22N2O. The first kappa shape index (κ1) is 14.5. The lowest BCUT2D eigenvalue weighted by Gasteiger charge is -2.13. The van der Waals surface area contributed by atoms with Gasteiger partial charge >= 0.3 is 0 Å². The number of aromatic nitrogens is 1. The topological polar surface area (TPSA) is 34.1 Å². The summed E-state index contributed by atoms with van der Waals surface area (Å²) in [5.41, 5.74) is 2.21. The van der Waals surface area contributed by atoms with E-state index in [1.54, 1.807) is 6.20 Å². The second-order valence-corrected chi connectivity index (χ2v) is 4.87. The molecule has 0 saturated heterocycles. The molecule has 0 fully saturated rings. The van der Waals surface area contributed by atoms with Crippen molar-refractivity contribution >= 4 is 0 Å². The van der Waals surface area contributed by atoms with Crippen LogP contribution in [0.4, 0.5) is 0 Å². The lowest BCUT2D eigenvalue weighted by molar-refractivity contribution is 0.304. The summed E-state index contributed by atoms with van der Waals surface area (Å²) in [7, 11) is 0. The summed E-state index contributed by atoms with van der Waals surface area (Å²) in [6, 6.07) is 14.4. The highest BCUT2D eigenvalue weighted by atomic mass is 16.5. The van der Waals surface area contributed by atoms with Crippen molar-refractivity contribution in [3.8, 4) is 5.75 Å². The summed E-state index contributed by atoms with van der Waals surface area (Å²) in [5.74, 6) is 0.806. The average Bonchev–Trinajstić information content (AvgIpc) is 2.52. The Morgan fingerprint density at radius 2 is 1.95 bits per heavy atom. The number of nitrogens with one attached hydrogen (secondary N) is 1. The van der Waals surface area contributed by atoms with Crippen LogP contribution in [0.3, 0.4) is 0 Å². The minimum Gasteiger partial charge on any atom is -0.487 e. The molecule has 0 amide bonds. The van der Waals surface area contributed by atoms with Crippen LogP contribution in [0.2, 0.25) is 0 Å². The van der Waals surface area contributed by atoms with Gasteiger partial charge in [-0.2, -0.15) is 0 Å². The zero-order valence-electron chi connectivity index (χ0n) is 12.2. The highest BCUT2D eigenvalue weighted by Crippen LogP contribution is 2.15. The quantitative estimate of drug-likeness (QED) is 0.832. The first-order valence-corrected chi connectivity index (χ1v) is 7.15. The third-order valence-electron chi connectivity index (χ3n) is 3.15. The molecule has 1 atom stereocenters. The van der Waals surface area contributed by atoms with Gasteiger partial charge in [-0.05, 0) is 37.6 Å². The molecule has 106 valence electrons. The number of benzene rings is 1. The average molecular weight is 270 g/mol. The van der Waals surface area contributed by atoms with Crippen LogP contribution in [0.25, 0.3) is 0 Å². The summed E-state index contributed by atoms with van der Waals surface area (Å²) in [6.45, 7) is 5.87. The van der Waals surface area contributed by atoms with Gasteiger partial charge in [0.15, 0.2) is 0 Å². The monoisotopic (exact) mass is 270 g/mol. The molecule has 20 heavy (non-hydrogen) atoms. The van der Waals surface area contributed by atoms with E-state index >= 15 is 0 Å². The zero-order chi connectivity index (χ0) is 14.2. The molecule has 2 rings (SSSR count). The second kappa shape index (κ2) is 7.65. The lowest BCUT2D eigenvalue weighted by atomic mass is 10.2. The Hall–Kier alpha value is -1.87. The first-order chi connectivity index (χ1) is 9.79. The van der Waals surface area contributed by atoms with Crippen LogP contribution in [-0.4, -0.2) is 11.5 Å². The zero-order valence-corrected chi connectivity index (χ0v) is 12.2. The molecule has 2 aromatic rings. The predicted octanol–water partition coefficient (Wildman–Crippen LogP) is 3.72. The van der Waals surface area contributed by atoms with E-state index in [0.717, 1.165) is 30.0 Å². The number of hydrogen-bond acceptors (Lipinski definition) is 3. The fourth-order valence-corrected chi connectivity index (χ4v) is 1.94. The molecule has 1 heterocycles. The summed E-state index contributed by atoms with van der Waals surface area (Å²) in [6.07, 6.45) is 2.92. The van der Waals surface area contributed by atoms with Crippen molar-refractivity contribution in [2.45, 2.75) is 32.9 Å². The highest BCUT2D eigenvalue weighted by Gasteiger charge is 2.05. The molecule has 0 aliphatic rings. The molecular weight excluding hydrogens is 248 g/mol. The minimum atomic E-state index is 0.276. The van der Waals surface area contributed by atoms with E-state index in [2.05, 4.69) is 36.3 Å². The van der Waals surface area contributed by atoms with Crippen LogP contribution in [0.15, 0.2) is 48.7 Å². The van der Waals surface area contributed by atoms with Gasteiger partial charge in [0.25, 0.3) is 0 Å². The van der Waals surface area contributed by atoms with Crippen LogP contribution in [0.5, 0.6) is 5.75 Å². The molecule has 0 bridgehead atoms. The van der Waals surface area contributed by atoms with E-state index < -0.39 is 0 Å². The first-order valence-electron chi connectivity index (χ1n) is 7.15. The van der Waals surface area contributed by atoms with Crippen LogP contribution in [0.1, 0.15) is 37.6 Å². The lowest BCUT2D eigenvalue weighted by Crippen LogP contribution is -2.20. The molecule has 1 N–H and O–H groups in total. The van der Waals surface area contributed by atoms with Gasteiger partial charge in [-0.1, -0.05) is 37.3 Å². The van der Waals surface area contributed by atoms with E-state index in [-0.39, 0.29) is 6.04 Å². The molecule has 1 aromatic carbocycles. The van der Waals surface area contributed by atoms with E-state index in [1.807, 2.05) is 30.3 Å². The SMILES string of the molecule is CCCNC(C)c1ccc(OCc2ccccc2)cn1. The fraction of sp³-hybridized carbons (Fsp3) is 0.353. The largest absolute Gasteiger partial charge is 0.487 e. The highest BCUT2D eigenvalue weighted by molar-refractivity contribution is 5.22. The van der Waals surface area contributed by atoms with Gasteiger partial charge < -0.3 is 10.1 Å². The molecule has 0 aliphatic carbocycles. The van der Waals surface area contributed by atoms with E-state index in [0.29, 0.717) is 6.61 Å². The van der Waals surface area contributed by atoms with Gasteiger partial charge in [0.2, 0.25) is 0 Å². The number of hydrogen-bond donors (Lipinski definition) is 1. The van der Waals surface area contributed by atoms with Gasteiger partial charge in [-0.15, -0.1) is 0 Å². The normalized spacial score (nSPS) is 12.1. The van der Waals surface area contributed by atoms with Crippen molar-refractivity contribution in [2.24, 2.45) is 0 Å². The molecule has 3 heteroatoms. The number of nitrogens with zero attached hydrogens (tertiary/aromatic N) is 1. The summed E-state index contributed by atoms with van der Waals surface area (Å²) in [5, 5.41) is 3.42. The number of ether oxygens (including phenoxy) is 1. The molecule has 0 aliphatic heterocycles. The molecule has 3 nitrogen and oxygen atoms in total. The molecule has 0 saturated carbocycles. The Morgan fingerprint density at radius 1 is 1.15 bits per heavy atom. The third-order valence-corrected chi connectivity index (χ3v) is 3.15. The van der Waals surface area contributed by atoms with Crippen LogP contribution in [-0.2, 0) is 6.61 Å². The summed E-state index contributed by atoms with van der Waals surface area (Å²) < 4.78 is 5.73. The molecule has 0 radical (unpaired) electrons. The van der Waals surface area contributed by atoms with Crippen molar-refractivity contribution < 1.29 is 4.74 Å². The van der Waals surface area contributed by atoms with Crippen molar-refractivity contribution in [2.75, 3.05) is 6.54 Å².